The molecule has 0 saturated carbocycles. The predicted octanol–water partition coefficient (Wildman–Crippen LogP) is 2.79. The molecule has 1 aromatic rings. The second-order valence-electron chi connectivity index (χ2n) is 6.01. The van der Waals surface area contributed by atoms with Crippen molar-refractivity contribution in [2.24, 2.45) is 0 Å². The molecule has 1 unspecified atom stereocenters. The number of hydrogen-bond acceptors (Lipinski definition) is 4. The summed E-state index contributed by atoms with van der Waals surface area (Å²) in [6.45, 7) is 1.95. The van der Waals surface area contributed by atoms with Crippen LogP contribution in [0.3, 0.4) is 0 Å². The average Bonchev–Trinajstić information content (AvgIpc) is 2.49. The maximum absolute atomic E-state index is 11.2. The molecule has 0 bridgehead atoms. The summed E-state index contributed by atoms with van der Waals surface area (Å²) >= 11 is 0. The van der Waals surface area contributed by atoms with Crippen molar-refractivity contribution < 1.29 is 14.3 Å². The molecule has 114 valence electrons. The van der Waals surface area contributed by atoms with Crippen LogP contribution in [-0.4, -0.2) is 37.1 Å². The van der Waals surface area contributed by atoms with Gasteiger partial charge in [0.25, 0.3) is 0 Å². The van der Waals surface area contributed by atoms with Crippen molar-refractivity contribution in [1.82, 2.24) is 4.90 Å². The molecule has 0 spiro atoms. The number of hydrogen-bond donors (Lipinski definition) is 0. The van der Waals surface area contributed by atoms with Gasteiger partial charge in [0.2, 0.25) is 0 Å². The summed E-state index contributed by atoms with van der Waals surface area (Å²) in [5, 5.41) is 0. The highest BCUT2D eigenvalue weighted by molar-refractivity contribution is 5.75. The number of benzene rings is 1. The van der Waals surface area contributed by atoms with Gasteiger partial charge in [-0.15, -0.1) is 0 Å². The van der Waals surface area contributed by atoms with Gasteiger partial charge in [-0.25, -0.2) is 0 Å². The van der Waals surface area contributed by atoms with Gasteiger partial charge in [-0.05, 0) is 63.0 Å². The molecule has 21 heavy (non-hydrogen) atoms. The first-order chi connectivity index (χ1) is 10.2. The summed E-state index contributed by atoms with van der Waals surface area (Å²) in [5.74, 6) is 1.42. The molecule has 2 aliphatic rings. The molecule has 0 radical (unpaired) electrons. The van der Waals surface area contributed by atoms with Gasteiger partial charge in [-0.3, -0.25) is 4.79 Å². The molecule has 0 aromatic heterocycles. The first-order valence-electron chi connectivity index (χ1n) is 7.89. The first kappa shape index (κ1) is 14.4. The summed E-state index contributed by atoms with van der Waals surface area (Å²) in [5.41, 5.74) is 1.07. The minimum absolute atomic E-state index is 0.142. The van der Waals surface area contributed by atoms with E-state index in [1.54, 1.807) is 0 Å². The van der Waals surface area contributed by atoms with E-state index in [1.807, 2.05) is 18.2 Å². The van der Waals surface area contributed by atoms with Crippen LogP contribution in [-0.2, 0) is 11.2 Å². The molecule has 0 aliphatic carbocycles. The zero-order valence-electron chi connectivity index (χ0n) is 12.6. The second-order valence-corrected chi connectivity index (χ2v) is 6.01. The van der Waals surface area contributed by atoms with E-state index >= 15 is 0 Å². The lowest BCUT2D eigenvalue weighted by molar-refractivity contribution is -0.135. The number of fused-ring (bicyclic) bond motifs is 1. The van der Waals surface area contributed by atoms with Gasteiger partial charge in [-0.2, -0.15) is 0 Å². The number of esters is 1. The van der Waals surface area contributed by atoms with Crippen molar-refractivity contribution in [2.75, 3.05) is 20.2 Å². The van der Waals surface area contributed by atoms with Gasteiger partial charge in [0, 0.05) is 6.04 Å². The second kappa shape index (κ2) is 6.48. The standard InChI is InChI=1S/C17H23NO3/c1-18-10-3-2-4-14(18)9-11-20-15-6-7-16-13(12-15)5-8-17(19)21-16/h6-7,12,14H,2-5,8-11H2,1H3. The Bertz CT molecular complexity index is 515. The van der Waals surface area contributed by atoms with Gasteiger partial charge in [-0.1, -0.05) is 6.42 Å². The highest BCUT2D eigenvalue weighted by Crippen LogP contribution is 2.29. The fourth-order valence-corrected chi connectivity index (χ4v) is 3.17. The van der Waals surface area contributed by atoms with Gasteiger partial charge >= 0.3 is 5.97 Å². The number of rotatable bonds is 4. The van der Waals surface area contributed by atoms with Gasteiger partial charge < -0.3 is 14.4 Å². The molecule has 1 aromatic carbocycles. The van der Waals surface area contributed by atoms with Crippen LogP contribution in [0.1, 0.15) is 37.7 Å². The minimum atomic E-state index is -0.142. The van der Waals surface area contributed by atoms with Crippen molar-refractivity contribution in [2.45, 2.75) is 44.6 Å². The van der Waals surface area contributed by atoms with Crippen molar-refractivity contribution in [3.63, 3.8) is 0 Å². The third kappa shape index (κ3) is 3.56. The average molecular weight is 289 g/mol. The van der Waals surface area contributed by atoms with Crippen LogP contribution >= 0.6 is 0 Å². The molecule has 0 amide bonds. The zero-order chi connectivity index (χ0) is 14.7. The van der Waals surface area contributed by atoms with Crippen LogP contribution in [0.2, 0.25) is 0 Å². The normalized spacial score (nSPS) is 22.5. The van der Waals surface area contributed by atoms with Crippen molar-refractivity contribution >= 4 is 5.97 Å². The van der Waals surface area contributed by atoms with E-state index in [4.69, 9.17) is 9.47 Å². The largest absolute Gasteiger partial charge is 0.494 e. The van der Waals surface area contributed by atoms with E-state index in [2.05, 4.69) is 11.9 Å². The van der Waals surface area contributed by atoms with Crippen LogP contribution in [0.5, 0.6) is 11.5 Å². The monoisotopic (exact) mass is 289 g/mol. The quantitative estimate of drug-likeness (QED) is 0.631. The molecule has 2 heterocycles. The van der Waals surface area contributed by atoms with E-state index in [0.29, 0.717) is 18.2 Å². The SMILES string of the molecule is CN1CCCCC1CCOc1ccc2c(c1)CCC(=O)O2. The molecular weight excluding hydrogens is 266 g/mol. The Kier molecular flexibility index (Phi) is 4.44. The molecular formula is C17H23NO3. The Balaban J connectivity index is 1.52. The number of ether oxygens (including phenoxy) is 2. The van der Waals surface area contributed by atoms with E-state index in [9.17, 15) is 4.79 Å². The van der Waals surface area contributed by atoms with E-state index < -0.39 is 0 Å². The number of nitrogens with zero attached hydrogens (tertiary/aromatic N) is 1. The summed E-state index contributed by atoms with van der Waals surface area (Å²) in [4.78, 5) is 13.7. The number of piperidine rings is 1. The maximum atomic E-state index is 11.2. The van der Waals surface area contributed by atoms with Crippen LogP contribution in [0.15, 0.2) is 18.2 Å². The fourth-order valence-electron chi connectivity index (χ4n) is 3.17. The smallest absolute Gasteiger partial charge is 0.311 e. The number of aryl methyl sites for hydroxylation is 1. The fraction of sp³-hybridized carbons (Fsp3) is 0.588. The molecule has 1 fully saturated rings. The van der Waals surface area contributed by atoms with Crippen molar-refractivity contribution in [3.05, 3.63) is 23.8 Å². The molecule has 1 saturated heterocycles. The van der Waals surface area contributed by atoms with E-state index in [0.717, 1.165) is 30.8 Å². The molecule has 1 atom stereocenters. The molecule has 4 nitrogen and oxygen atoms in total. The lowest BCUT2D eigenvalue weighted by Crippen LogP contribution is -2.37. The van der Waals surface area contributed by atoms with Gasteiger partial charge in [0.1, 0.15) is 11.5 Å². The number of carbonyl (C=O) groups excluding carboxylic acids is 1. The summed E-state index contributed by atoms with van der Waals surface area (Å²) in [7, 11) is 2.21. The Morgan fingerprint density at radius 1 is 1.33 bits per heavy atom. The number of likely N-dealkylation sites (tertiary alicyclic amines) is 1. The number of carbonyl (C=O) groups is 1. The highest BCUT2D eigenvalue weighted by Gasteiger charge is 2.19. The van der Waals surface area contributed by atoms with Crippen molar-refractivity contribution in [1.29, 1.82) is 0 Å². The third-order valence-electron chi connectivity index (χ3n) is 4.50. The van der Waals surface area contributed by atoms with E-state index in [1.165, 1.54) is 25.8 Å². The lowest BCUT2D eigenvalue weighted by Gasteiger charge is -2.32. The molecule has 0 N–H and O–H groups in total. The minimum Gasteiger partial charge on any atom is -0.494 e. The van der Waals surface area contributed by atoms with Gasteiger partial charge in [0.15, 0.2) is 0 Å². The van der Waals surface area contributed by atoms with Crippen LogP contribution in [0.4, 0.5) is 0 Å². The summed E-state index contributed by atoms with van der Waals surface area (Å²) < 4.78 is 11.1. The zero-order valence-corrected chi connectivity index (χ0v) is 12.6. The van der Waals surface area contributed by atoms with Crippen molar-refractivity contribution in [3.8, 4) is 11.5 Å². The first-order valence-corrected chi connectivity index (χ1v) is 7.89. The Morgan fingerprint density at radius 3 is 3.10 bits per heavy atom. The molecule has 2 aliphatic heterocycles. The third-order valence-corrected chi connectivity index (χ3v) is 4.50. The van der Waals surface area contributed by atoms with Crippen LogP contribution < -0.4 is 9.47 Å². The summed E-state index contributed by atoms with van der Waals surface area (Å²) in [6, 6.07) is 6.39. The van der Waals surface area contributed by atoms with Gasteiger partial charge in [0.05, 0.1) is 13.0 Å². The van der Waals surface area contributed by atoms with Crippen LogP contribution in [0, 0.1) is 0 Å². The highest BCUT2D eigenvalue weighted by atomic mass is 16.5. The lowest BCUT2D eigenvalue weighted by atomic mass is 10.0. The van der Waals surface area contributed by atoms with E-state index in [-0.39, 0.29) is 5.97 Å². The van der Waals surface area contributed by atoms with Crippen LogP contribution in [0.25, 0.3) is 0 Å². The summed E-state index contributed by atoms with van der Waals surface area (Å²) in [6.07, 6.45) is 6.21. The topological polar surface area (TPSA) is 38.8 Å². The Morgan fingerprint density at radius 2 is 2.24 bits per heavy atom. The molecule has 4 heteroatoms. The Hall–Kier alpha value is -1.55. The Labute approximate surface area is 126 Å². The predicted molar refractivity (Wildman–Crippen MR) is 80.8 cm³/mol. The maximum Gasteiger partial charge on any atom is 0.311 e. The molecule has 3 rings (SSSR count).